The van der Waals surface area contributed by atoms with Crippen molar-refractivity contribution in [2.45, 2.75) is 32.6 Å². The highest BCUT2D eigenvalue weighted by Gasteiger charge is 2.18. The van der Waals surface area contributed by atoms with Crippen LogP contribution in [0.15, 0.2) is 28.7 Å². The average molecular weight is 356 g/mol. The Morgan fingerprint density at radius 3 is 2.45 bits per heavy atom. The van der Waals surface area contributed by atoms with Crippen molar-refractivity contribution in [3.63, 3.8) is 0 Å². The summed E-state index contributed by atoms with van der Waals surface area (Å²) in [6.45, 7) is 4.22. The van der Waals surface area contributed by atoms with Crippen molar-refractivity contribution in [3.8, 4) is 0 Å². The van der Waals surface area contributed by atoms with Crippen LogP contribution in [-0.4, -0.2) is 15.7 Å². The molecule has 108 valence electrons. The van der Waals surface area contributed by atoms with Crippen molar-refractivity contribution >= 4 is 27.5 Å². The van der Waals surface area contributed by atoms with Crippen molar-refractivity contribution in [3.05, 3.63) is 51.3 Å². The number of aromatic nitrogens is 2. The van der Waals surface area contributed by atoms with Crippen LogP contribution in [0.25, 0.3) is 0 Å². The molecule has 1 heterocycles. The minimum absolute atomic E-state index is 0.314. The molecule has 0 spiro atoms. The maximum atomic E-state index is 6.19. The molecule has 0 aliphatic carbocycles. The minimum atomic E-state index is 0.314. The standard InChI is InChI=1S/C16H20BrClN2/c1-4-14-16(17)15(20(3)19-14)9-13(10-18)12-7-5-11(2)6-8-12/h5-8,13H,4,9-10H2,1-3H3. The number of benzene rings is 1. The predicted octanol–water partition coefficient (Wildman–Crippen LogP) is 4.62. The van der Waals surface area contributed by atoms with Gasteiger partial charge in [0.1, 0.15) is 0 Å². The van der Waals surface area contributed by atoms with Gasteiger partial charge in [0, 0.05) is 18.8 Å². The van der Waals surface area contributed by atoms with Crippen LogP contribution in [0.3, 0.4) is 0 Å². The Morgan fingerprint density at radius 2 is 1.95 bits per heavy atom. The zero-order chi connectivity index (χ0) is 14.7. The summed E-state index contributed by atoms with van der Waals surface area (Å²) >= 11 is 9.87. The summed E-state index contributed by atoms with van der Waals surface area (Å²) in [5.41, 5.74) is 4.89. The van der Waals surface area contributed by atoms with Gasteiger partial charge in [-0.25, -0.2) is 0 Å². The van der Waals surface area contributed by atoms with E-state index in [9.17, 15) is 0 Å². The number of hydrogen-bond acceptors (Lipinski definition) is 1. The molecule has 1 atom stereocenters. The van der Waals surface area contributed by atoms with E-state index in [1.54, 1.807) is 0 Å². The average Bonchev–Trinajstić information content (AvgIpc) is 2.72. The van der Waals surface area contributed by atoms with Gasteiger partial charge in [0.05, 0.1) is 15.9 Å². The number of alkyl halides is 1. The summed E-state index contributed by atoms with van der Waals surface area (Å²) < 4.78 is 3.10. The smallest absolute Gasteiger partial charge is 0.0766 e. The second-order valence-corrected chi connectivity index (χ2v) is 6.25. The van der Waals surface area contributed by atoms with Gasteiger partial charge in [0.25, 0.3) is 0 Å². The third-order valence-electron chi connectivity index (χ3n) is 3.68. The summed E-state index contributed by atoms with van der Waals surface area (Å²) in [6.07, 6.45) is 1.83. The molecule has 0 N–H and O–H groups in total. The lowest BCUT2D eigenvalue weighted by Gasteiger charge is -2.15. The Hall–Kier alpha value is -0.800. The molecule has 0 saturated carbocycles. The fourth-order valence-corrected chi connectivity index (χ4v) is 3.44. The molecule has 2 rings (SSSR count). The number of aryl methyl sites for hydroxylation is 3. The highest BCUT2D eigenvalue weighted by atomic mass is 79.9. The van der Waals surface area contributed by atoms with E-state index in [4.69, 9.17) is 11.6 Å². The number of nitrogens with zero attached hydrogens (tertiary/aromatic N) is 2. The highest BCUT2D eigenvalue weighted by Crippen LogP contribution is 2.28. The van der Waals surface area contributed by atoms with E-state index < -0.39 is 0 Å². The quantitative estimate of drug-likeness (QED) is 0.716. The number of hydrogen-bond donors (Lipinski definition) is 0. The second-order valence-electron chi connectivity index (χ2n) is 5.15. The Kier molecular flexibility index (Phi) is 5.28. The largest absolute Gasteiger partial charge is 0.271 e. The molecule has 0 fully saturated rings. The zero-order valence-electron chi connectivity index (χ0n) is 12.2. The van der Waals surface area contributed by atoms with E-state index >= 15 is 0 Å². The number of halogens is 2. The molecule has 1 aromatic heterocycles. The molecule has 0 bridgehead atoms. The summed E-state index contributed by atoms with van der Waals surface area (Å²) in [4.78, 5) is 0. The Bertz CT molecular complexity index is 575. The summed E-state index contributed by atoms with van der Waals surface area (Å²) in [7, 11) is 2.00. The zero-order valence-corrected chi connectivity index (χ0v) is 14.5. The van der Waals surface area contributed by atoms with Gasteiger partial charge in [0.2, 0.25) is 0 Å². The van der Waals surface area contributed by atoms with Crippen LogP contribution < -0.4 is 0 Å². The fourth-order valence-electron chi connectivity index (χ4n) is 2.38. The van der Waals surface area contributed by atoms with Gasteiger partial charge in [-0.2, -0.15) is 5.10 Å². The number of rotatable bonds is 5. The van der Waals surface area contributed by atoms with Crippen LogP contribution in [0.1, 0.15) is 35.4 Å². The molecule has 2 nitrogen and oxygen atoms in total. The minimum Gasteiger partial charge on any atom is -0.271 e. The van der Waals surface area contributed by atoms with Crippen molar-refractivity contribution in [1.82, 2.24) is 9.78 Å². The molecular weight excluding hydrogens is 336 g/mol. The molecule has 0 radical (unpaired) electrons. The van der Waals surface area contributed by atoms with E-state index in [0.29, 0.717) is 11.8 Å². The first kappa shape index (κ1) is 15.6. The van der Waals surface area contributed by atoms with Gasteiger partial charge in [-0.15, -0.1) is 11.6 Å². The highest BCUT2D eigenvalue weighted by molar-refractivity contribution is 9.10. The topological polar surface area (TPSA) is 17.8 Å². The first-order valence-corrected chi connectivity index (χ1v) is 8.22. The van der Waals surface area contributed by atoms with Crippen molar-refractivity contribution in [2.75, 3.05) is 5.88 Å². The third-order valence-corrected chi connectivity index (χ3v) is 4.97. The molecule has 0 aliphatic heterocycles. The first-order chi connectivity index (χ1) is 9.56. The van der Waals surface area contributed by atoms with Gasteiger partial charge < -0.3 is 0 Å². The third kappa shape index (κ3) is 3.26. The van der Waals surface area contributed by atoms with E-state index in [2.05, 4.69) is 59.1 Å². The SMILES string of the molecule is CCc1nn(C)c(CC(CCl)c2ccc(C)cc2)c1Br. The molecule has 4 heteroatoms. The maximum Gasteiger partial charge on any atom is 0.0766 e. The summed E-state index contributed by atoms with van der Waals surface area (Å²) in [5, 5.41) is 4.55. The summed E-state index contributed by atoms with van der Waals surface area (Å²) in [6, 6.07) is 8.63. The monoisotopic (exact) mass is 354 g/mol. The molecule has 0 aliphatic rings. The molecule has 20 heavy (non-hydrogen) atoms. The van der Waals surface area contributed by atoms with E-state index in [1.807, 2.05) is 11.7 Å². The molecule has 0 saturated heterocycles. The van der Waals surface area contributed by atoms with Crippen LogP contribution in [0.5, 0.6) is 0 Å². The first-order valence-electron chi connectivity index (χ1n) is 6.89. The molecular formula is C16H20BrClN2. The fraction of sp³-hybridized carbons (Fsp3) is 0.438. The lowest BCUT2D eigenvalue weighted by atomic mass is 9.95. The van der Waals surface area contributed by atoms with E-state index in [-0.39, 0.29) is 0 Å². The van der Waals surface area contributed by atoms with Gasteiger partial charge in [0.15, 0.2) is 0 Å². The van der Waals surface area contributed by atoms with E-state index in [1.165, 1.54) is 16.8 Å². The second kappa shape index (κ2) is 6.77. The lowest BCUT2D eigenvalue weighted by Crippen LogP contribution is -2.09. The normalized spacial score (nSPS) is 12.7. The molecule has 1 unspecified atom stereocenters. The van der Waals surface area contributed by atoms with Gasteiger partial charge in [-0.1, -0.05) is 36.8 Å². The van der Waals surface area contributed by atoms with Gasteiger partial charge >= 0.3 is 0 Å². The van der Waals surface area contributed by atoms with Crippen LogP contribution in [-0.2, 0) is 19.9 Å². The van der Waals surface area contributed by atoms with Crippen molar-refractivity contribution in [1.29, 1.82) is 0 Å². The van der Waals surface area contributed by atoms with Crippen molar-refractivity contribution in [2.24, 2.45) is 7.05 Å². The maximum absolute atomic E-state index is 6.19. The predicted molar refractivity (Wildman–Crippen MR) is 88.6 cm³/mol. The van der Waals surface area contributed by atoms with Gasteiger partial charge in [-0.05, 0) is 41.3 Å². The lowest BCUT2D eigenvalue weighted by molar-refractivity contribution is 0.654. The Morgan fingerprint density at radius 1 is 1.30 bits per heavy atom. The van der Waals surface area contributed by atoms with E-state index in [0.717, 1.165) is 23.0 Å². The Labute approximate surface area is 134 Å². The molecule has 2 aromatic rings. The van der Waals surface area contributed by atoms with Crippen LogP contribution in [0.2, 0.25) is 0 Å². The Balaban J connectivity index is 2.26. The van der Waals surface area contributed by atoms with Gasteiger partial charge in [-0.3, -0.25) is 4.68 Å². The van der Waals surface area contributed by atoms with Crippen molar-refractivity contribution < 1.29 is 0 Å². The van der Waals surface area contributed by atoms with Crippen LogP contribution >= 0.6 is 27.5 Å². The van der Waals surface area contributed by atoms with Crippen LogP contribution in [0.4, 0.5) is 0 Å². The summed E-state index contributed by atoms with van der Waals surface area (Å²) in [5.74, 6) is 0.927. The molecule has 1 aromatic carbocycles. The molecule has 0 amide bonds. The van der Waals surface area contributed by atoms with Crippen LogP contribution in [0, 0.1) is 6.92 Å².